The molecule has 0 aromatic carbocycles. The van der Waals surface area contributed by atoms with Crippen LogP contribution in [0.3, 0.4) is 0 Å². The molecule has 188 valence electrons. The molecule has 0 saturated carbocycles. The van der Waals surface area contributed by atoms with Crippen molar-refractivity contribution in [2.24, 2.45) is 0 Å². The average molecular weight is 521 g/mol. The second kappa shape index (κ2) is 10.7. The van der Waals surface area contributed by atoms with E-state index in [-0.39, 0.29) is 17.9 Å². The van der Waals surface area contributed by atoms with E-state index in [1.165, 1.54) is 12.4 Å². The molecule has 1 aliphatic rings. The first-order valence-electron chi connectivity index (χ1n) is 11.4. The Balaban J connectivity index is 1.68. The molecule has 4 atom stereocenters. The molecule has 10 nitrogen and oxygen atoms in total. The minimum atomic E-state index is -3.66. The van der Waals surface area contributed by atoms with Crippen molar-refractivity contribution in [2.45, 2.75) is 56.8 Å². The van der Waals surface area contributed by atoms with Gasteiger partial charge in [-0.25, -0.2) is 23.4 Å². The van der Waals surface area contributed by atoms with E-state index >= 15 is 0 Å². The molecule has 1 fully saturated rings. The molecule has 12 heteroatoms. The summed E-state index contributed by atoms with van der Waals surface area (Å²) >= 11 is 5.88. The number of ether oxygens (including phenoxy) is 2. The van der Waals surface area contributed by atoms with Gasteiger partial charge in [0.1, 0.15) is 29.2 Å². The standard InChI is InChI=1S/C23H29ClN6O4S/c1-14-6-5-7-19(27-14)23-29-28-21(30(23)16(3)20-12-33-8-9-34-20)13-35(31,32)17(4)15(2)22-25-10-18(24)11-26-22/h5-7,10-11,15-17,20H,8-9,12-13H2,1-4H3/t15-,16+,17-,20+/m0/s1. The summed E-state index contributed by atoms with van der Waals surface area (Å²) in [5.74, 6) is 0.475. The maximum atomic E-state index is 13.5. The van der Waals surface area contributed by atoms with Crippen LogP contribution in [0.15, 0.2) is 30.6 Å². The molecule has 0 spiro atoms. The molecule has 4 rings (SSSR count). The van der Waals surface area contributed by atoms with Crippen molar-refractivity contribution in [2.75, 3.05) is 19.8 Å². The minimum Gasteiger partial charge on any atom is -0.376 e. The lowest BCUT2D eigenvalue weighted by Gasteiger charge is -2.30. The summed E-state index contributed by atoms with van der Waals surface area (Å²) in [6.07, 6.45) is 2.65. The van der Waals surface area contributed by atoms with Crippen molar-refractivity contribution in [3.63, 3.8) is 0 Å². The molecule has 1 aliphatic heterocycles. The van der Waals surface area contributed by atoms with E-state index in [0.717, 1.165) is 5.69 Å². The third kappa shape index (κ3) is 5.69. The van der Waals surface area contributed by atoms with Crippen molar-refractivity contribution in [1.29, 1.82) is 0 Å². The molecule has 0 N–H and O–H groups in total. The first-order chi connectivity index (χ1) is 16.7. The summed E-state index contributed by atoms with van der Waals surface area (Å²) in [6, 6.07) is 5.33. The number of pyridine rings is 1. The summed E-state index contributed by atoms with van der Waals surface area (Å²) in [4.78, 5) is 13.0. The van der Waals surface area contributed by atoms with Crippen LogP contribution < -0.4 is 0 Å². The van der Waals surface area contributed by atoms with Crippen LogP contribution in [0.2, 0.25) is 5.02 Å². The Morgan fingerprint density at radius 1 is 1.14 bits per heavy atom. The zero-order valence-electron chi connectivity index (χ0n) is 20.1. The monoisotopic (exact) mass is 520 g/mol. The van der Waals surface area contributed by atoms with Crippen LogP contribution in [0.25, 0.3) is 11.5 Å². The van der Waals surface area contributed by atoms with Gasteiger partial charge in [-0.2, -0.15) is 0 Å². The highest BCUT2D eigenvalue weighted by molar-refractivity contribution is 7.91. The zero-order chi connectivity index (χ0) is 25.2. The maximum Gasteiger partial charge on any atom is 0.182 e. The van der Waals surface area contributed by atoms with E-state index in [4.69, 9.17) is 21.1 Å². The number of rotatable bonds is 8. The largest absolute Gasteiger partial charge is 0.376 e. The average Bonchev–Trinajstić information content (AvgIpc) is 3.26. The second-order valence-corrected chi connectivity index (χ2v) is 11.6. The number of aryl methyl sites for hydroxylation is 1. The van der Waals surface area contributed by atoms with Crippen molar-refractivity contribution in [1.82, 2.24) is 29.7 Å². The summed E-state index contributed by atoms with van der Waals surface area (Å²) in [5.41, 5.74) is 1.43. The van der Waals surface area contributed by atoms with Gasteiger partial charge in [0.15, 0.2) is 15.7 Å². The Hall–Kier alpha value is -2.47. The Morgan fingerprint density at radius 2 is 1.89 bits per heavy atom. The van der Waals surface area contributed by atoms with Crippen LogP contribution in [0.4, 0.5) is 0 Å². The molecule has 0 unspecified atom stereocenters. The number of sulfone groups is 1. The fourth-order valence-electron chi connectivity index (χ4n) is 4.03. The van der Waals surface area contributed by atoms with Crippen LogP contribution in [0, 0.1) is 6.92 Å². The minimum absolute atomic E-state index is 0.274. The van der Waals surface area contributed by atoms with Gasteiger partial charge in [0.25, 0.3) is 0 Å². The number of aromatic nitrogens is 6. The van der Waals surface area contributed by atoms with Gasteiger partial charge in [-0.1, -0.05) is 24.6 Å². The third-order valence-corrected chi connectivity index (χ3v) is 8.72. The fraction of sp³-hybridized carbons (Fsp3) is 0.522. The quantitative estimate of drug-likeness (QED) is 0.440. The highest BCUT2D eigenvalue weighted by atomic mass is 35.5. The molecule has 4 heterocycles. The Kier molecular flexibility index (Phi) is 7.80. The molecular formula is C23H29ClN6O4S. The van der Waals surface area contributed by atoms with E-state index in [2.05, 4.69) is 25.1 Å². The van der Waals surface area contributed by atoms with Gasteiger partial charge in [0.05, 0.1) is 36.1 Å². The van der Waals surface area contributed by atoms with Crippen LogP contribution >= 0.6 is 11.6 Å². The lowest BCUT2D eigenvalue weighted by atomic mass is 10.1. The predicted molar refractivity (Wildman–Crippen MR) is 131 cm³/mol. The number of hydrogen-bond donors (Lipinski definition) is 0. The van der Waals surface area contributed by atoms with Gasteiger partial charge in [-0.3, -0.25) is 0 Å². The fourth-order valence-corrected chi connectivity index (χ4v) is 5.69. The molecular weight excluding hydrogens is 492 g/mol. The molecule has 0 aliphatic carbocycles. The molecule has 3 aromatic rings. The van der Waals surface area contributed by atoms with Gasteiger partial charge in [0.2, 0.25) is 0 Å². The molecule has 1 saturated heterocycles. The first kappa shape index (κ1) is 25.6. The van der Waals surface area contributed by atoms with E-state index in [9.17, 15) is 8.42 Å². The van der Waals surface area contributed by atoms with Crippen LogP contribution in [-0.4, -0.2) is 69.3 Å². The van der Waals surface area contributed by atoms with Crippen molar-refractivity contribution in [3.05, 3.63) is 53.0 Å². The number of hydrogen-bond acceptors (Lipinski definition) is 9. The summed E-state index contributed by atoms with van der Waals surface area (Å²) < 4.78 is 40.3. The molecule has 0 bridgehead atoms. The molecule has 0 amide bonds. The van der Waals surface area contributed by atoms with E-state index < -0.39 is 21.0 Å². The lowest BCUT2D eigenvalue weighted by Crippen LogP contribution is -2.36. The van der Waals surface area contributed by atoms with Crippen LogP contribution in [0.5, 0.6) is 0 Å². The summed E-state index contributed by atoms with van der Waals surface area (Å²) in [5, 5.41) is 8.28. The molecule has 35 heavy (non-hydrogen) atoms. The highest BCUT2D eigenvalue weighted by Crippen LogP contribution is 2.29. The highest BCUT2D eigenvalue weighted by Gasteiger charge is 2.34. The smallest absolute Gasteiger partial charge is 0.182 e. The van der Waals surface area contributed by atoms with Gasteiger partial charge in [-0.15, -0.1) is 10.2 Å². The van der Waals surface area contributed by atoms with Crippen molar-refractivity contribution < 1.29 is 17.9 Å². The van der Waals surface area contributed by atoms with Crippen molar-refractivity contribution >= 4 is 21.4 Å². The lowest BCUT2D eigenvalue weighted by molar-refractivity contribution is -0.105. The normalized spacial score (nSPS) is 19.3. The SMILES string of the molecule is Cc1cccc(-c2nnc(CS(=O)(=O)[C@@H](C)[C@H](C)c3ncc(Cl)cn3)n2[C@H](C)[C@H]2COCCO2)n1. The van der Waals surface area contributed by atoms with Gasteiger partial charge >= 0.3 is 0 Å². The summed E-state index contributed by atoms with van der Waals surface area (Å²) in [7, 11) is -3.66. The van der Waals surface area contributed by atoms with Gasteiger partial charge in [-0.05, 0) is 32.9 Å². The second-order valence-electron chi connectivity index (χ2n) is 8.76. The number of halogens is 1. The first-order valence-corrected chi connectivity index (χ1v) is 13.5. The Labute approximate surface area is 210 Å². The molecule has 0 radical (unpaired) electrons. The van der Waals surface area contributed by atoms with E-state index in [1.54, 1.807) is 13.8 Å². The molecule has 3 aromatic heterocycles. The topological polar surface area (TPSA) is 122 Å². The Morgan fingerprint density at radius 3 is 2.54 bits per heavy atom. The third-order valence-electron chi connectivity index (χ3n) is 6.32. The maximum absolute atomic E-state index is 13.5. The van der Waals surface area contributed by atoms with Gasteiger partial charge < -0.3 is 14.0 Å². The van der Waals surface area contributed by atoms with Crippen LogP contribution in [0.1, 0.15) is 50.1 Å². The van der Waals surface area contributed by atoms with Crippen LogP contribution in [-0.2, 0) is 25.1 Å². The predicted octanol–water partition coefficient (Wildman–Crippen LogP) is 3.18. The van der Waals surface area contributed by atoms with E-state index in [0.29, 0.717) is 48.0 Å². The van der Waals surface area contributed by atoms with Gasteiger partial charge in [0, 0.05) is 24.0 Å². The van der Waals surface area contributed by atoms with E-state index in [1.807, 2.05) is 36.6 Å². The zero-order valence-corrected chi connectivity index (χ0v) is 21.7. The van der Waals surface area contributed by atoms with Crippen molar-refractivity contribution in [3.8, 4) is 11.5 Å². The number of nitrogens with zero attached hydrogens (tertiary/aromatic N) is 6. The summed E-state index contributed by atoms with van der Waals surface area (Å²) in [6.45, 7) is 8.68. The Bertz CT molecular complexity index is 1260.